The minimum atomic E-state index is -0.746. The molecule has 1 aliphatic rings. The van der Waals surface area contributed by atoms with Crippen LogP contribution >= 0.6 is 11.6 Å². The molecule has 0 aliphatic carbocycles. The summed E-state index contributed by atoms with van der Waals surface area (Å²) in [5, 5.41) is 7.07. The Kier molecular flexibility index (Phi) is 5.62. The summed E-state index contributed by atoms with van der Waals surface area (Å²) in [5.74, 6) is -0.0441. The van der Waals surface area contributed by atoms with Crippen molar-refractivity contribution in [3.8, 4) is 0 Å². The third-order valence-corrected chi connectivity index (χ3v) is 4.36. The highest BCUT2D eigenvalue weighted by Gasteiger charge is 2.36. The third kappa shape index (κ3) is 4.19. The molecule has 21 heavy (non-hydrogen) atoms. The van der Waals surface area contributed by atoms with Crippen molar-refractivity contribution in [2.24, 2.45) is 5.73 Å². The van der Waals surface area contributed by atoms with Gasteiger partial charge in [0.15, 0.2) is 0 Å². The van der Waals surface area contributed by atoms with E-state index in [1.807, 2.05) is 24.3 Å². The van der Waals surface area contributed by atoms with Gasteiger partial charge in [0.1, 0.15) is 0 Å². The minimum absolute atomic E-state index is 0.00456. The number of rotatable bonds is 5. The Balaban J connectivity index is 2.08. The topological polar surface area (TPSA) is 67.2 Å². The lowest BCUT2D eigenvalue weighted by Gasteiger charge is -2.34. The summed E-state index contributed by atoms with van der Waals surface area (Å²) in [6.07, 6.45) is 3.24. The second-order valence-corrected chi connectivity index (χ2v) is 6.21. The van der Waals surface area contributed by atoms with Crippen molar-refractivity contribution < 1.29 is 4.79 Å². The molecule has 116 valence electrons. The van der Waals surface area contributed by atoms with E-state index in [1.165, 1.54) is 0 Å². The van der Waals surface area contributed by atoms with Crippen LogP contribution in [-0.2, 0) is 4.79 Å². The molecule has 1 saturated heterocycles. The molecular formula is C16H24ClN3O. The Morgan fingerprint density at radius 3 is 2.57 bits per heavy atom. The van der Waals surface area contributed by atoms with Gasteiger partial charge in [-0.25, -0.2) is 0 Å². The Morgan fingerprint density at radius 1 is 1.38 bits per heavy atom. The van der Waals surface area contributed by atoms with Gasteiger partial charge in [-0.05, 0) is 50.0 Å². The van der Waals surface area contributed by atoms with Crippen LogP contribution in [0.25, 0.3) is 0 Å². The number of nitrogens with one attached hydrogen (secondary N) is 2. The second-order valence-electron chi connectivity index (χ2n) is 5.77. The van der Waals surface area contributed by atoms with E-state index < -0.39 is 5.54 Å². The Bertz CT molecular complexity index is 469. The van der Waals surface area contributed by atoms with E-state index in [0.717, 1.165) is 31.5 Å². The van der Waals surface area contributed by atoms with E-state index in [-0.39, 0.29) is 11.9 Å². The highest BCUT2D eigenvalue weighted by molar-refractivity contribution is 6.30. The molecule has 1 atom stereocenters. The number of amides is 1. The van der Waals surface area contributed by atoms with Gasteiger partial charge in [-0.15, -0.1) is 0 Å². The van der Waals surface area contributed by atoms with Gasteiger partial charge in [0, 0.05) is 5.02 Å². The first kappa shape index (κ1) is 16.3. The summed E-state index contributed by atoms with van der Waals surface area (Å²) in [6.45, 7) is 3.70. The molecule has 4 N–H and O–H groups in total. The van der Waals surface area contributed by atoms with Crippen molar-refractivity contribution in [2.45, 2.75) is 44.2 Å². The molecule has 0 bridgehead atoms. The molecule has 0 spiro atoms. The van der Waals surface area contributed by atoms with Crippen molar-refractivity contribution in [1.29, 1.82) is 0 Å². The Morgan fingerprint density at radius 2 is 2.00 bits per heavy atom. The van der Waals surface area contributed by atoms with E-state index in [0.29, 0.717) is 17.9 Å². The fraction of sp³-hybridized carbons (Fsp3) is 0.562. The van der Waals surface area contributed by atoms with E-state index in [2.05, 4.69) is 17.6 Å². The maximum absolute atomic E-state index is 12.6. The average molecular weight is 310 g/mol. The average Bonchev–Trinajstić information content (AvgIpc) is 2.48. The van der Waals surface area contributed by atoms with Crippen LogP contribution in [0.2, 0.25) is 5.02 Å². The van der Waals surface area contributed by atoms with E-state index in [9.17, 15) is 4.79 Å². The highest BCUT2D eigenvalue weighted by Crippen LogP contribution is 2.23. The van der Waals surface area contributed by atoms with Gasteiger partial charge in [0.2, 0.25) is 5.91 Å². The van der Waals surface area contributed by atoms with Crippen molar-refractivity contribution in [3.63, 3.8) is 0 Å². The van der Waals surface area contributed by atoms with Gasteiger partial charge in [-0.3, -0.25) is 4.79 Å². The molecule has 1 fully saturated rings. The zero-order valence-corrected chi connectivity index (χ0v) is 13.2. The van der Waals surface area contributed by atoms with Gasteiger partial charge in [-0.2, -0.15) is 0 Å². The molecule has 1 aromatic carbocycles. The first-order valence-corrected chi connectivity index (χ1v) is 7.99. The monoisotopic (exact) mass is 309 g/mol. The molecule has 1 aromatic rings. The third-order valence-electron chi connectivity index (χ3n) is 4.10. The van der Waals surface area contributed by atoms with Crippen LogP contribution in [0, 0.1) is 0 Å². The Labute approximate surface area is 131 Å². The lowest BCUT2D eigenvalue weighted by atomic mass is 9.88. The van der Waals surface area contributed by atoms with Crippen LogP contribution in [0.5, 0.6) is 0 Å². The molecule has 0 radical (unpaired) electrons. The summed E-state index contributed by atoms with van der Waals surface area (Å²) < 4.78 is 0. The minimum Gasteiger partial charge on any atom is -0.348 e. The normalized spacial score (nSPS) is 19.0. The van der Waals surface area contributed by atoms with Crippen LogP contribution in [0.15, 0.2) is 24.3 Å². The SMILES string of the molecule is CCCC(NC(=O)C1(N)CCNCC1)c1ccc(Cl)cc1. The molecule has 5 heteroatoms. The van der Waals surface area contributed by atoms with E-state index in [1.54, 1.807) is 0 Å². The number of carbonyl (C=O) groups is 1. The number of halogens is 1. The molecule has 0 aromatic heterocycles. The number of benzene rings is 1. The number of hydrogen-bond donors (Lipinski definition) is 3. The highest BCUT2D eigenvalue weighted by atomic mass is 35.5. The molecule has 2 rings (SSSR count). The molecule has 1 unspecified atom stereocenters. The largest absolute Gasteiger partial charge is 0.348 e. The number of piperidine rings is 1. The quantitative estimate of drug-likeness (QED) is 0.782. The summed E-state index contributed by atoms with van der Waals surface area (Å²) in [4.78, 5) is 12.6. The maximum Gasteiger partial charge on any atom is 0.240 e. The summed E-state index contributed by atoms with van der Waals surface area (Å²) in [5.41, 5.74) is 6.61. The predicted octanol–water partition coefficient (Wildman–Crippen LogP) is 2.38. The predicted molar refractivity (Wildman–Crippen MR) is 86.3 cm³/mol. The van der Waals surface area contributed by atoms with Gasteiger partial charge < -0.3 is 16.4 Å². The lowest BCUT2D eigenvalue weighted by molar-refractivity contribution is -0.128. The van der Waals surface area contributed by atoms with Crippen LogP contribution in [-0.4, -0.2) is 24.5 Å². The second kappa shape index (κ2) is 7.25. The number of nitrogens with two attached hydrogens (primary N) is 1. The van der Waals surface area contributed by atoms with Crippen molar-refractivity contribution in [3.05, 3.63) is 34.9 Å². The zero-order chi connectivity index (χ0) is 15.3. The van der Waals surface area contributed by atoms with Crippen LogP contribution in [0.1, 0.15) is 44.2 Å². The first-order chi connectivity index (χ1) is 10.0. The van der Waals surface area contributed by atoms with Crippen LogP contribution in [0.3, 0.4) is 0 Å². The van der Waals surface area contributed by atoms with Crippen molar-refractivity contribution in [2.75, 3.05) is 13.1 Å². The molecular weight excluding hydrogens is 286 g/mol. The van der Waals surface area contributed by atoms with E-state index >= 15 is 0 Å². The Hall–Kier alpha value is -1.10. The lowest BCUT2D eigenvalue weighted by Crippen LogP contribution is -2.59. The summed E-state index contributed by atoms with van der Waals surface area (Å²) in [6, 6.07) is 7.64. The summed E-state index contributed by atoms with van der Waals surface area (Å²) in [7, 11) is 0. The van der Waals surface area contributed by atoms with Crippen LogP contribution in [0.4, 0.5) is 0 Å². The van der Waals surface area contributed by atoms with Gasteiger partial charge in [0.25, 0.3) is 0 Å². The summed E-state index contributed by atoms with van der Waals surface area (Å²) >= 11 is 5.93. The van der Waals surface area contributed by atoms with Gasteiger partial charge >= 0.3 is 0 Å². The molecule has 1 amide bonds. The van der Waals surface area contributed by atoms with E-state index in [4.69, 9.17) is 17.3 Å². The van der Waals surface area contributed by atoms with Gasteiger partial charge in [-0.1, -0.05) is 37.1 Å². The first-order valence-electron chi connectivity index (χ1n) is 7.61. The van der Waals surface area contributed by atoms with Crippen molar-refractivity contribution in [1.82, 2.24) is 10.6 Å². The van der Waals surface area contributed by atoms with Gasteiger partial charge in [0.05, 0.1) is 11.6 Å². The zero-order valence-electron chi connectivity index (χ0n) is 12.5. The fourth-order valence-corrected chi connectivity index (χ4v) is 2.83. The molecule has 0 saturated carbocycles. The number of carbonyl (C=O) groups excluding carboxylic acids is 1. The maximum atomic E-state index is 12.6. The fourth-order valence-electron chi connectivity index (χ4n) is 2.71. The standard InChI is InChI=1S/C16H24ClN3O/c1-2-3-14(12-4-6-13(17)7-5-12)20-15(21)16(18)8-10-19-11-9-16/h4-7,14,19H,2-3,8-11,18H2,1H3,(H,20,21). The molecule has 1 aliphatic heterocycles. The van der Waals surface area contributed by atoms with Crippen LogP contribution < -0.4 is 16.4 Å². The molecule has 4 nitrogen and oxygen atoms in total. The smallest absolute Gasteiger partial charge is 0.240 e. The van der Waals surface area contributed by atoms with Crippen molar-refractivity contribution >= 4 is 17.5 Å². The molecule has 1 heterocycles. The number of hydrogen-bond acceptors (Lipinski definition) is 3.